The summed E-state index contributed by atoms with van der Waals surface area (Å²) in [7, 11) is 0. The largest absolute Gasteiger partial charge is 0.333 e. The number of imidazole rings is 1. The Morgan fingerprint density at radius 1 is 1.00 bits per heavy atom. The number of hydrogen-bond acceptors (Lipinski definition) is 2. The molecule has 0 saturated heterocycles. The van der Waals surface area contributed by atoms with Crippen LogP contribution in [0.1, 0.15) is 5.56 Å². The summed E-state index contributed by atoms with van der Waals surface area (Å²) in [6, 6.07) is 14.4. The van der Waals surface area contributed by atoms with Gasteiger partial charge < -0.3 is 4.57 Å². The van der Waals surface area contributed by atoms with E-state index in [0.717, 1.165) is 17.8 Å². The molecule has 2 aromatic heterocycles. The van der Waals surface area contributed by atoms with Crippen LogP contribution < -0.4 is 0 Å². The minimum atomic E-state index is 0.808. The molecule has 0 radical (unpaired) electrons. The van der Waals surface area contributed by atoms with Gasteiger partial charge in [0.15, 0.2) is 0 Å². The van der Waals surface area contributed by atoms with E-state index < -0.39 is 0 Å². The fourth-order valence-electron chi connectivity index (χ4n) is 1.89. The van der Waals surface area contributed by atoms with Crippen molar-refractivity contribution in [2.75, 3.05) is 0 Å². The van der Waals surface area contributed by atoms with Gasteiger partial charge >= 0.3 is 0 Å². The average molecular weight is 235 g/mol. The number of aromatic nitrogens is 3. The lowest BCUT2D eigenvalue weighted by molar-refractivity contribution is 0.793. The Balaban J connectivity index is 1.81. The molecule has 3 nitrogen and oxygen atoms in total. The van der Waals surface area contributed by atoms with Crippen LogP contribution in [0.2, 0.25) is 0 Å². The highest BCUT2D eigenvalue weighted by Gasteiger charge is 1.99. The average Bonchev–Trinajstić information content (AvgIpc) is 2.94. The fourth-order valence-corrected chi connectivity index (χ4v) is 1.89. The monoisotopic (exact) mass is 235 g/mol. The first kappa shape index (κ1) is 10.7. The van der Waals surface area contributed by atoms with Crippen molar-refractivity contribution < 1.29 is 0 Å². The molecule has 0 unspecified atom stereocenters. The van der Waals surface area contributed by atoms with Gasteiger partial charge in [-0.2, -0.15) is 0 Å². The van der Waals surface area contributed by atoms with E-state index in [0.29, 0.717) is 0 Å². The minimum Gasteiger partial charge on any atom is -0.333 e. The number of nitrogens with zero attached hydrogens (tertiary/aromatic N) is 3. The quantitative estimate of drug-likeness (QED) is 0.698. The van der Waals surface area contributed by atoms with Crippen LogP contribution in [-0.2, 0) is 6.54 Å². The lowest BCUT2D eigenvalue weighted by atomic mass is 10.1. The molecule has 1 aromatic carbocycles. The van der Waals surface area contributed by atoms with Crippen molar-refractivity contribution in [2.45, 2.75) is 6.54 Å². The highest BCUT2D eigenvalue weighted by atomic mass is 15.0. The van der Waals surface area contributed by atoms with Crippen LogP contribution >= 0.6 is 0 Å². The Morgan fingerprint density at radius 3 is 2.56 bits per heavy atom. The molecule has 0 saturated carbocycles. The standard InChI is InChI=1S/C15H13N3/c1-2-4-14(5-3-1)15-7-6-13(10-17-15)11-18-9-8-16-12-18/h1-10,12H,11H2. The van der Waals surface area contributed by atoms with E-state index in [1.165, 1.54) is 5.56 Å². The topological polar surface area (TPSA) is 30.7 Å². The van der Waals surface area contributed by atoms with Crippen molar-refractivity contribution in [3.63, 3.8) is 0 Å². The summed E-state index contributed by atoms with van der Waals surface area (Å²) in [4.78, 5) is 8.52. The zero-order chi connectivity index (χ0) is 12.2. The molecule has 0 atom stereocenters. The molecule has 0 amide bonds. The first-order valence-corrected chi connectivity index (χ1v) is 5.88. The van der Waals surface area contributed by atoms with E-state index in [9.17, 15) is 0 Å². The van der Waals surface area contributed by atoms with Crippen molar-refractivity contribution in [1.82, 2.24) is 14.5 Å². The Morgan fingerprint density at radius 2 is 1.89 bits per heavy atom. The molecule has 3 heteroatoms. The van der Waals surface area contributed by atoms with Gasteiger partial charge in [-0.3, -0.25) is 4.98 Å². The van der Waals surface area contributed by atoms with Crippen LogP contribution in [-0.4, -0.2) is 14.5 Å². The van der Waals surface area contributed by atoms with Crippen LogP contribution in [0, 0.1) is 0 Å². The molecular formula is C15H13N3. The lowest BCUT2D eigenvalue weighted by Crippen LogP contribution is -1.97. The molecule has 2 heterocycles. The van der Waals surface area contributed by atoms with Gasteiger partial charge in [-0.05, 0) is 11.6 Å². The Bertz CT molecular complexity index is 598. The molecule has 0 N–H and O–H groups in total. The zero-order valence-corrected chi connectivity index (χ0v) is 9.90. The van der Waals surface area contributed by atoms with Gasteiger partial charge in [0.1, 0.15) is 0 Å². The molecule has 3 aromatic rings. The second kappa shape index (κ2) is 4.84. The van der Waals surface area contributed by atoms with Crippen LogP contribution in [0.3, 0.4) is 0 Å². The molecule has 0 aliphatic heterocycles. The van der Waals surface area contributed by atoms with E-state index in [1.54, 1.807) is 6.20 Å². The molecule has 0 aliphatic carbocycles. The first-order chi connectivity index (χ1) is 8.92. The van der Waals surface area contributed by atoms with Crippen molar-refractivity contribution >= 4 is 0 Å². The molecule has 3 rings (SSSR count). The summed E-state index contributed by atoms with van der Waals surface area (Å²) in [6.45, 7) is 0.808. The van der Waals surface area contributed by atoms with Crippen LogP contribution in [0.4, 0.5) is 0 Å². The summed E-state index contributed by atoms with van der Waals surface area (Å²) in [5, 5.41) is 0. The third-order valence-corrected chi connectivity index (χ3v) is 2.82. The van der Waals surface area contributed by atoms with E-state index in [1.807, 2.05) is 41.5 Å². The van der Waals surface area contributed by atoms with Gasteiger partial charge in [0.05, 0.1) is 12.0 Å². The minimum absolute atomic E-state index is 0.808. The van der Waals surface area contributed by atoms with E-state index in [2.05, 4.69) is 34.2 Å². The van der Waals surface area contributed by atoms with Crippen LogP contribution in [0.5, 0.6) is 0 Å². The third-order valence-electron chi connectivity index (χ3n) is 2.82. The molecule has 0 aliphatic rings. The maximum atomic E-state index is 4.50. The Hall–Kier alpha value is -2.42. The summed E-state index contributed by atoms with van der Waals surface area (Å²) >= 11 is 0. The van der Waals surface area contributed by atoms with E-state index in [-0.39, 0.29) is 0 Å². The molecule has 88 valence electrons. The summed E-state index contributed by atoms with van der Waals surface area (Å²) in [5.41, 5.74) is 3.32. The van der Waals surface area contributed by atoms with Crippen molar-refractivity contribution in [3.05, 3.63) is 72.9 Å². The van der Waals surface area contributed by atoms with Gasteiger partial charge in [-0.15, -0.1) is 0 Å². The van der Waals surface area contributed by atoms with E-state index in [4.69, 9.17) is 0 Å². The van der Waals surface area contributed by atoms with Crippen molar-refractivity contribution in [3.8, 4) is 11.3 Å². The van der Waals surface area contributed by atoms with E-state index >= 15 is 0 Å². The molecule has 0 fully saturated rings. The van der Waals surface area contributed by atoms with Gasteiger partial charge in [0.25, 0.3) is 0 Å². The first-order valence-electron chi connectivity index (χ1n) is 5.88. The van der Waals surface area contributed by atoms with Gasteiger partial charge in [0.2, 0.25) is 0 Å². The fraction of sp³-hybridized carbons (Fsp3) is 0.0667. The summed E-state index contributed by atoms with van der Waals surface area (Å²) < 4.78 is 2.03. The van der Waals surface area contributed by atoms with Gasteiger partial charge in [-0.1, -0.05) is 36.4 Å². The zero-order valence-electron chi connectivity index (χ0n) is 9.90. The van der Waals surface area contributed by atoms with Gasteiger partial charge in [0, 0.05) is 30.7 Å². The lowest BCUT2D eigenvalue weighted by Gasteiger charge is -2.04. The normalized spacial score (nSPS) is 10.4. The number of benzene rings is 1. The molecule has 18 heavy (non-hydrogen) atoms. The highest BCUT2D eigenvalue weighted by Crippen LogP contribution is 2.16. The highest BCUT2D eigenvalue weighted by molar-refractivity contribution is 5.58. The molecular weight excluding hydrogens is 222 g/mol. The van der Waals surface area contributed by atoms with Crippen molar-refractivity contribution in [1.29, 1.82) is 0 Å². The Kier molecular flexibility index (Phi) is 2.88. The summed E-state index contributed by atoms with van der Waals surface area (Å²) in [6.07, 6.45) is 7.46. The second-order valence-electron chi connectivity index (χ2n) is 4.15. The van der Waals surface area contributed by atoms with Crippen LogP contribution in [0.25, 0.3) is 11.3 Å². The second-order valence-corrected chi connectivity index (χ2v) is 4.15. The SMILES string of the molecule is c1ccc(-c2ccc(Cn3ccnc3)cn2)cc1. The number of rotatable bonds is 3. The predicted molar refractivity (Wildman–Crippen MR) is 71.0 cm³/mol. The maximum absolute atomic E-state index is 4.50. The van der Waals surface area contributed by atoms with Gasteiger partial charge in [-0.25, -0.2) is 4.98 Å². The molecule has 0 spiro atoms. The molecule has 0 bridgehead atoms. The third kappa shape index (κ3) is 2.30. The number of pyridine rings is 1. The number of hydrogen-bond donors (Lipinski definition) is 0. The maximum Gasteiger partial charge on any atom is 0.0949 e. The summed E-state index contributed by atoms with van der Waals surface area (Å²) in [5.74, 6) is 0. The smallest absolute Gasteiger partial charge is 0.0949 e. The Labute approximate surface area is 106 Å². The van der Waals surface area contributed by atoms with Crippen molar-refractivity contribution in [2.24, 2.45) is 0 Å². The van der Waals surface area contributed by atoms with Crippen LogP contribution in [0.15, 0.2) is 67.4 Å². The predicted octanol–water partition coefficient (Wildman–Crippen LogP) is 2.99.